The van der Waals surface area contributed by atoms with Crippen molar-refractivity contribution in [2.24, 2.45) is 4.41 Å². The van der Waals surface area contributed by atoms with Gasteiger partial charge in [-0.1, -0.05) is 72.8 Å². The lowest BCUT2D eigenvalue weighted by atomic mass is 10.7. The van der Waals surface area contributed by atoms with E-state index in [0.717, 1.165) is 13.1 Å². The zero-order valence-electron chi connectivity index (χ0n) is 19.7. The molecular weight excluding hydrogens is 392 g/mol. The Morgan fingerprint density at radius 1 is 0.720 bits per heavy atom. The normalized spacial score (nSPS) is 17.1. The third-order valence-electron chi connectivity index (χ3n) is 3.60. The summed E-state index contributed by atoms with van der Waals surface area (Å²) in [5.74, 6) is 0. The van der Waals surface area contributed by atoms with Crippen molar-refractivity contribution in [2.75, 3.05) is 13.1 Å². The minimum atomic E-state index is -1.91. The Bertz CT molecular complexity index is 466. The van der Waals surface area contributed by atoms with E-state index >= 15 is 0 Å². The van der Waals surface area contributed by atoms with Crippen LogP contribution in [0.2, 0.25) is 78.6 Å². The quantitative estimate of drug-likeness (QED) is 0.329. The van der Waals surface area contributed by atoms with E-state index in [1.807, 2.05) is 0 Å². The lowest BCUT2D eigenvalue weighted by Gasteiger charge is -2.57. The van der Waals surface area contributed by atoms with Gasteiger partial charge in [-0.3, -0.25) is 8.75 Å². The molecule has 0 aromatic carbocycles. The van der Waals surface area contributed by atoms with Gasteiger partial charge in [0.1, 0.15) is 32.2 Å². The summed E-state index contributed by atoms with van der Waals surface area (Å²) in [6, 6.07) is 0. The molecule has 0 radical (unpaired) electrons. The summed E-state index contributed by atoms with van der Waals surface area (Å²) in [6.45, 7) is 36.5. The van der Waals surface area contributed by atoms with Crippen LogP contribution in [0.5, 0.6) is 0 Å². The zero-order chi connectivity index (χ0) is 20.5. The molecule has 0 rings (SSSR count). The predicted molar refractivity (Wildman–Crippen MR) is 131 cm³/mol. The average molecular weight is 439 g/mol. The molecule has 0 saturated heterocycles. The maximum Gasteiger partial charge on any atom is 0.175 e. The molecule has 152 valence electrons. The molecule has 25 heavy (non-hydrogen) atoms. The molecule has 4 nitrogen and oxygen atoms in total. The molecule has 1 N–H and O–H groups in total. The number of hydrogen-bond acceptors (Lipinski definition) is 1. The highest BCUT2D eigenvalue weighted by molar-refractivity contribution is 7.67. The summed E-state index contributed by atoms with van der Waals surface area (Å²) in [7, 11) is -8.17. The van der Waals surface area contributed by atoms with Gasteiger partial charge in [0.2, 0.25) is 0 Å². The van der Waals surface area contributed by atoms with Crippen LogP contribution in [0.3, 0.4) is 0 Å². The van der Waals surface area contributed by atoms with Crippen LogP contribution in [0.15, 0.2) is 4.41 Å². The van der Waals surface area contributed by atoms with Gasteiger partial charge in [-0.2, -0.15) is 0 Å². The highest BCUT2D eigenvalue weighted by atomic mass is 31.2. The van der Waals surface area contributed by atoms with E-state index in [1.165, 1.54) is 0 Å². The van der Waals surface area contributed by atoms with Gasteiger partial charge >= 0.3 is 0 Å². The maximum atomic E-state index is 5.80. The fourth-order valence-corrected chi connectivity index (χ4v) is 31.4. The second-order valence-corrected chi connectivity index (χ2v) is 34.4. The van der Waals surface area contributed by atoms with E-state index in [-0.39, 0.29) is 0 Å². The van der Waals surface area contributed by atoms with Crippen molar-refractivity contribution in [3.05, 3.63) is 0 Å². The summed E-state index contributed by atoms with van der Waals surface area (Å²) < 4.78 is 15.8. The fourth-order valence-electron chi connectivity index (χ4n) is 3.71. The monoisotopic (exact) mass is 438 g/mol. The van der Waals surface area contributed by atoms with Gasteiger partial charge in [-0.05, 0) is 19.6 Å². The van der Waals surface area contributed by atoms with E-state index in [0.29, 0.717) is 0 Å². The van der Waals surface area contributed by atoms with Crippen molar-refractivity contribution in [1.29, 1.82) is 0 Å². The lowest BCUT2D eigenvalue weighted by molar-refractivity contribution is 0.481. The van der Waals surface area contributed by atoms with Crippen LogP contribution in [0.25, 0.3) is 0 Å². The minimum absolute atomic E-state index is 1.07. The van der Waals surface area contributed by atoms with Crippen LogP contribution in [-0.2, 0) is 0 Å². The van der Waals surface area contributed by atoms with Gasteiger partial charge in [0.15, 0.2) is 8.24 Å². The molecule has 0 bridgehead atoms. The highest BCUT2D eigenvalue weighted by Crippen LogP contribution is 2.59. The first kappa shape index (κ1) is 26.0. The summed E-state index contributed by atoms with van der Waals surface area (Å²) in [5.41, 5.74) is 0. The average Bonchev–Trinajstić information content (AvgIpc) is 2.19. The van der Waals surface area contributed by atoms with E-state index in [4.69, 9.17) is 4.41 Å². The third-order valence-corrected chi connectivity index (χ3v) is 24.7. The number of nitrogens with zero attached hydrogens (tertiary/aromatic N) is 3. The second-order valence-electron chi connectivity index (χ2n) is 11.0. The van der Waals surface area contributed by atoms with Crippen LogP contribution >= 0.6 is 7.51 Å². The molecule has 1 unspecified atom stereocenters. The van der Waals surface area contributed by atoms with Crippen molar-refractivity contribution in [1.82, 2.24) is 13.4 Å². The Morgan fingerprint density at radius 3 is 1.28 bits per heavy atom. The Morgan fingerprint density at radius 2 is 1.08 bits per heavy atom. The lowest BCUT2D eigenvalue weighted by Crippen LogP contribution is -2.63. The molecule has 0 aromatic heterocycles. The first-order chi connectivity index (χ1) is 10.8. The molecule has 0 aliphatic carbocycles. The van der Waals surface area contributed by atoms with E-state index in [2.05, 4.69) is 106 Å². The van der Waals surface area contributed by atoms with Gasteiger partial charge in [-0.15, -0.1) is 0 Å². The molecule has 0 aliphatic heterocycles. The van der Waals surface area contributed by atoms with Crippen LogP contribution < -0.4 is 4.75 Å². The SMILES string of the molecule is CCN(CC)P(=N[Si](C)(C)C)(N[Si](C)(C)C)N([Si](C)(C)C)[Si](C)(C)C. The molecule has 0 amide bonds. The first-order valence-electron chi connectivity index (χ1n) is 9.79. The van der Waals surface area contributed by atoms with E-state index in [1.54, 1.807) is 0 Å². The zero-order valence-corrected chi connectivity index (χ0v) is 24.6. The van der Waals surface area contributed by atoms with Gasteiger partial charge < -0.3 is 4.41 Å². The second kappa shape index (κ2) is 8.55. The molecular formula is C16H47N4PSi4. The van der Waals surface area contributed by atoms with Crippen LogP contribution in [0.4, 0.5) is 0 Å². The van der Waals surface area contributed by atoms with Crippen LogP contribution in [0.1, 0.15) is 13.8 Å². The summed E-state index contributed by atoms with van der Waals surface area (Å²) in [5, 5.41) is 0. The van der Waals surface area contributed by atoms with Gasteiger partial charge in [0, 0.05) is 13.1 Å². The molecule has 0 fully saturated rings. The van der Waals surface area contributed by atoms with Crippen molar-refractivity contribution in [3.8, 4) is 0 Å². The van der Waals surface area contributed by atoms with Crippen molar-refractivity contribution in [3.63, 3.8) is 0 Å². The first-order valence-corrected chi connectivity index (χ1v) is 25.3. The molecule has 0 spiro atoms. The predicted octanol–water partition coefficient (Wildman–Crippen LogP) is 6.51. The van der Waals surface area contributed by atoms with Gasteiger partial charge in [0.05, 0.1) is 0 Å². The topological polar surface area (TPSA) is 30.9 Å². The van der Waals surface area contributed by atoms with Crippen molar-refractivity contribution >= 4 is 40.4 Å². The Kier molecular flexibility index (Phi) is 8.89. The standard InChI is InChI=1S/C16H47N4PSi4/c1-15-19(16-2)21(17-22(3,4)5,18-23(6,7)8)20(24(9,10)11)25(12,13)14/h17H,15-16H2,1-14H3. The number of rotatable bonds is 9. The smallest absolute Gasteiger partial charge is 0.175 e. The Hall–Kier alpha value is 0.978. The van der Waals surface area contributed by atoms with Crippen LogP contribution in [-0.4, -0.2) is 54.7 Å². The van der Waals surface area contributed by atoms with E-state index < -0.39 is 40.4 Å². The number of hydrogen-bond donors (Lipinski definition) is 1. The van der Waals surface area contributed by atoms with E-state index in [9.17, 15) is 0 Å². The molecule has 0 aliphatic rings. The summed E-state index contributed by atoms with van der Waals surface area (Å²) in [4.78, 5) is 0. The maximum absolute atomic E-state index is 5.80. The Balaban J connectivity index is 7.09. The molecule has 0 heterocycles. The molecule has 0 aromatic rings. The highest BCUT2D eigenvalue weighted by Gasteiger charge is 2.48. The summed E-state index contributed by atoms with van der Waals surface area (Å²) >= 11 is 0. The molecule has 1 atom stereocenters. The Labute approximate surface area is 163 Å². The molecule has 9 heteroatoms. The van der Waals surface area contributed by atoms with Gasteiger partial charge in [-0.25, -0.2) is 4.67 Å². The van der Waals surface area contributed by atoms with Crippen molar-refractivity contribution < 1.29 is 0 Å². The van der Waals surface area contributed by atoms with Crippen LogP contribution in [0, 0.1) is 0 Å². The number of nitrogens with one attached hydrogen (secondary N) is 1. The minimum Gasteiger partial charge on any atom is -0.301 e. The largest absolute Gasteiger partial charge is 0.301 e. The fraction of sp³-hybridized carbons (Fsp3) is 1.00. The third kappa shape index (κ3) is 7.85. The molecule has 0 saturated carbocycles. The van der Waals surface area contributed by atoms with Gasteiger partial charge in [0.25, 0.3) is 0 Å². The van der Waals surface area contributed by atoms with Crippen molar-refractivity contribution in [2.45, 2.75) is 92.4 Å². The summed E-state index contributed by atoms with van der Waals surface area (Å²) in [6.07, 6.45) is 0.